The van der Waals surface area contributed by atoms with Crippen LogP contribution in [0.15, 0.2) is 12.4 Å². The molecule has 1 aliphatic heterocycles. The number of carboxylic acid groups (broad SMARTS) is 1. The Hall–Kier alpha value is -1.39. The predicted octanol–water partition coefficient (Wildman–Crippen LogP) is 3.19. The van der Waals surface area contributed by atoms with Crippen LogP contribution in [0.3, 0.4) is 0 Å². The van der Waals surface area contributed by atoms with Crippen LogP contribution in [0.5, 0.6) is 0 Å². The summed E-state index contributed by atoms with van der Waals surface area (Å²) in [5, 5.41) is 7.50. The third-order valence-electron chi connectivity index (χ3n) is 3.15. The minimum Gasteiger partial charge on any atom is -0.450 e. The molecule has 1 aliphatic rings. The van der Waals surface area contributed by atoms with Crippen LogP contribution in [0, 0.1) is 5.92 Å². The lowest BCUT2D eigenvalue weighted by atomic mass is 9.99. The summed E-state index contributed by atoms with van der Waals surface area (Å²) < 4.78 is 3.67. The molecule has 112 valence electrons. The van der Waals surface area contributed by atoms with Crippen molar-refractivity contribution in [2.75, 3.05) is 27.4 Å². The fourth-order valence-corrected chi connectivity index (χ4v) is 1.96. The molecule has 0 aromatic rings. The van der Waals surface area contributed by atoms with Crippen molar-refractivity contribution in [3.05, 3.63) is 12.4 Å². The second-order valence-electron chi connectivity index (χ2n) is 4.85. The average Bonchev–Trinajstić information content (AvgIpc) is 2.80. The molecule has 0 amide bonds. The first-order valence-electron chi connectivity index (χ1n) is 6.92. The molecule has 0 spiro atoms. The molecule has 0 bridgehead atoms. The first-order valence-corrected chi connectivity index (χ1v) is 6.92. The van der Waals surface area contributed by atoms with E-state index in [0.717, 1.165) is 19.7 Å². The van der Waals surface area contributed by atoms with Crippen molar-refractivity contribution in [1.29, 1.82) is 0 Å². The van der Waals surface area contributed by atoms with Gasteiger partial charge >= 0.3 is 6.16 Å². The van der Waals surface area contributed by atoms with Gasteiger partial charge in [0.25, 0.3) is 0 Å². The van der Waals surface area contributed by atoms with Crippen molar-refractivity contribution in [1.82, 2.24) is 9.80 Å². The Morgan fingerprint density at radius 1 is 1.42 bits per heavy atom. The van der Waals surface area contributed by atoms with Gasteiger partial charge in [-0.05, 0) is 12.3 Å². The van der Waals surface area contributed by atoms with E-state index in [4.69, 9.17) is 9.90 Å². The predicted molar refractivity (Wildman–Crippen MR) is 76.8 cm³/mol. The van der Waals surface area contributed by atoms with E-state index in [0.29, 0.717) is 0 Å². The molecule has 1 unspecified atom stereocenters. The maximum atomic E-state index is 9.15. The number of methoxy groups -OCH3 is 1. The Morgan fingerprint density at radius 3 is 2.42 bits per heavy atom. The molecule has 0 saturated heterocycles. The SMILES string of the molecule is CCCCC(CC)CN1C=CN(C)C1.COC(=O)O. The summed E-state index contributed by atoms with van der Waals surface area (Å²) in [6.45, 7) is 6.89. The van der Waals surface area contributed by atoms with Gasteiger partial charge in [-0.2, -0.15) is 0 Å². The second-order valence-corrected chi connectivity index (χ2v) is 4.85. The highest BCUT2D eigenvalue weighted by atomic mass is 16.6. The van der Waals surface area contributed by atoms with Gasteiger partial charge in [-0.15, -0.1) is 0 Å². The van der Waals surface area contributed by atoms with Crippen LogP contribution in [0.4, 0.5) is 4.79 Å². The van der Waals surface area contributed by atoms with Crippen LogP contribution in [0.1, 0.15) is 39.5 Å². The Balaban J connectivity index is 0.000000555. The Labute approximate surface area is 116 Å². The molecular formula is C14H28N2O3. The third-order valence-corrected chi connectivity index (χ3v) is 3.15. The van der Waals surface area contributed by atoms with Gasteiger partial charge in [0.1, 0.15) is 0 Å². The Bertz CT molecular complexity index is 269. The third kappa shape index (κ3) is 9.22. The zero-order chi connectivity index (χ0) is 14.7. The van der Waals surface area contributed by atoms with Gasteiger partial charge in [-0.1, -0.05) is 33.1 Å². The minimum absolute atomic E-state index is 0.881. The largest absolute Gasteiger partial charge is 0.505 e. The van der Waals surface area contributed by atoms with Crippen LogP contribution >= 0.6 is 0 Å². The standard InChI is InChI=1S/C12H24N2.C2H4O3/c1-4-6-7-12(5-2)10-14-9-8-13(3)11-14;1-5-2(3)4/h8-9,12H,4-7,10-11H2,1-3H3;1H3,(H,3,4). The zero-order valence-corrected chi connectivity index (χ0v) is 12.6. The van der Waals surface area contributed by atoms with Gasteiger partial charge in [0.2, 0.25) is 0 Å². The van der Waals surface area contributed by atoms with Crippen LogP contribution in [-0.4, -0.2) is 48.4 Å². The first kappa shape index (κ1) is 17.6. The normalized spacial score (nSPS) is 14.9. The van der Waals surface area contributed by atoms with Crippen molar-refractivity contribution >= 4 is 6.16 Å². The number of hydrogen-bond acceptors (Lipinski definition) is 4. The quantitative estimate of drug-likeness (QED) is 0.753. The molecule has 1 N–H and O–H groups in total. The van der Waals surface area contributed by atoms with E-state index >= 15 is 0 Å². The van der Waals surface area contributed by atoms with Gasteiger partial charge in [0.05, 0.1) is 13.8 Å². The zero-order valence-electron chi connectivity index (χ0n) is 12.6. The summed E-state index contributed by atoms with van der Waals surface area (Å²) >= 11 is 0. The topological polar surface area (TPSA) is 53.0 Å². The van der Waals surface area contributed by atoms with E-state index in [9.17, 15) is 0 Å². The molecule has 0 aromatic carbocycles. The molecule has 0 radical (unpaired) electrons. The van der Waals surface area contributed by atoms with Crippen LogP contribution in [0.25, 0.3) is 0 Å². The number of unbranched alkanes of at least 4 members (excludes halogenated alkanes) is 1. The Kier molecular flexibility index (Phi) is 9.75. The molecule has 1 atom stereocenters. The molecule has 0 saturated carbocycles. The molecule has 0 fully saturated rings. The van der Waals surface area contributed by atoms with Crippen molar-refractivity contribution in [3.8, 4) is 0 Å². The Morgan fingerprint density at radius 2 is 2.05 bits per heavy atom. The monoisotopic (exact) mass is 272 g/mol. The fourth-order valence-electron chi connectivity index (χ4n) is 1.96. The molecule has 5 nitrogen and oxygen atoms in total. The average molecular weight is 272 g/mol. The summed E-state index contributed by atoms with van der Waals surface area (Å²) in [7, 11) is 3.23. The highest BCUT2D eigenvalue weighted by Crippen LogP contribution is 2.16. The first-order chi connectivity index (χ1) is 9.03. The molecule has 19 heavy (non-hydrogen) atoms. The summed E-state index contributed by atoms with van der Waals surface area (Å²) in [5.41, 5.74) is 0. The van der Waals surface area contributed by atoms with Gasteiger partial charge in [0.15, 0.2) is 0 Å². The van der Waals surface area contributed by atoms with E-state index in [-0.39, 0.29) is 0 Å². The summed E-state index contributed by atoms with van der Waals surface area (Å²) in [6, 6.07) is 0. The smallest absolute Gasteiger partial charge is 0.450 e. The van der Waals surface area contributed by atoms with Crippen molar-refractivity contribution in [3.63, 3.8) is 0 Å². The van der Waals surface area contributed by atoms with Crippen molar-refractivity contribution < 1.29 is 14.6 Å². The van der Waals surface area contributed by atoms with E-state index in [1.165, 1.54) is 32.2 Å². The van der Waals surface area contributed by atoms with E-state index < -0.39 is 6.16 Å². The number of rotatable bonds is 6. The van der Waals surface area contributed by atoms with Gasteiger partial charge in [-0.25, -0.2) is 4.79 Å². The molecule has 0 aliphatic carbocycles. The maximum absolute atomic E-state index is 9.15. The molecule has 0 aromatic heterocycles. The summed E-state index contributed by atoms with van der Waals surface area (Å²) in [5.74, 6) is 0.881. The van der Waals surface area contributed by atoms with Gasteiger partial charge in [0, 0.05) is 26.0 Å². The lowest BCUT2D eigenvalue weighted by Crippen LogP contribution is -2.27. The fraction of sp³-hybridized carbons (Fsp3) is 0.786. The lowest BCUT2D eigenvalue weighted by Gasteiger charge is -2.23. The van der Waals surface area contributed by atoms with Crippen LogP contribution in [0.2, 0.25) is 0 Å². The van der Waals surface area contributed by atoms with Crippen LogP contribution in [-0.2, 0) is 4.74 Å². The number of hydrogen-bond donors (Lipinski definition) is 1. The summed E-state index contributed by atoms with van der Waals surface area (Å²) in [6.07, 6.45) is 8.54. The number of ether oxygens (including phenoxy) is 1. The molecule has 1 rings (SSSR count). The highest BCUT2D eigenvalue weighted by Gasteiger charge is 2.13. The van der Waals surface area contributed by atoms with E-state index in [1.807, 2.05) is 0 Å². The van der Waals surface area contributed by atoms with Crippen molar-refractivity contribution in [2.45, 2.75) is 39.5 Å². The van der Waals surface area contributed by atoms with Crippen LogP contribution < -0.4 is 0 Å². The van der Waals surface area contributed by atoms with Crippen molar-refractivity contribution in [2.24, 2.45) is 5.92 Å². The molecule has 1 heterocycles. The van der Waals surface area contributed by atoms with Gasteiger partial charge in [-0.3, -0.25) is 0 Å². The maximum Gasteiger partial charge on any atom is 0.505 e. The minimum atomic E-state index is -1.25. The number of nitrogens with zero attached hydrogens (tertiary/aromatic N) is 2. The van der Waals surface area contributed by atoms with E-state index in [2.05, 4.69) is 47.8 Å². The van der Waals surface area contributed by atoms with E-state index in [1.54, 1.807) is 0 Å². The van der Waals surface area contributed by atoms with Gasteiger partial charge < -0.3 is 19.6 Å². The highest BCUT2D eigenvalue weighted by molar-refractivity contribution is 5.56. The number of carbonyl (C=O) groups is 1. The molecular weight excluding hydrogens is 244 g/mol. The lowest BCUT2D eigenvalue weighted by molar-refractivity contribution is 0.114. The molecule has 5 heteroatoms. The summed E-state index contributed by atoms with van der Waals surface area (Å²) in [4.78, 5) is 13.8. The second kappa shape index (κ2) is 10.5.